The zero-order valence-electron chi connectivity index (χ0n) is 10.6. The lowest BCUT2D eigenvalue weighted by Gasteiger charge is -2.12. The third-order valence-electron chi connectivity index (χ3n) is 3.11. The molecule has 0 aliphatic carbocycles. The zero-order chi connectivity index (χ0) is 12.6. The van der Waals surface area contributed by atoms with Crippen LogP contribution in [0.3, 0.4) is 0 Å². The van der Waals surface area contributed by atoms with Gasteiger partial charge in [0.05, 0.1) is 5.52 Å². The van der Waals surface area contributed by atoms with Gasteiger partial charge in [-0.1, -0.05) is 13.3 Å². The minimum Gasteiger partial charge on any atom is -0.399 e. The summed E-state index contributed by atoms with van der Waals surface area (Å²) in [6, 6.07) is 5.83. The molecule has 3 nitrogen and oxygen atoms in total. The fraction of sp³-hybridized carbons (Fsp3) is 0.357. The molecule has 1 heterocycles. The first-order valence-electron chi connectivity index (χ1n) is 5.93. The van der Waals surface area contributed by atoms with Gasteiger partial charge < -0.3 is 10.3 Å². The minimum atomic E-state index is 0.0691. The van der Waals surface area contributed by atoms with Gasteiger partial charge in [-0.3, -0.25) is 4.79 Å². The minimum absolute atomic E-state index is 0.0691. The highest BCUT2D eigenvalue weighted by atomic mass is 16.1. The topological polar surface area (TPSA) is 48.0 Å². The van der Waals surface area contributed by atoms with Crippen molar-refractivity contribution >= 4 is 16.6 Å². The van der Waals surface area contributed by atoms with Crippen molar-refractivity contribution in [3.8, 4) is 0 Å². The molecule has 2 rings (SSSR count). The van der Waals surface area contributed by atoms with E-state index in [1.54, 1.807) is 4.57 Å². The molecule has 0 saturated heterocycles. The predicted molar refractivity (Wildman–Crippen MR) is 72.3 cm³/mol. The Bertz CT molecular complexity index is 626. The van der Waals surface area contributed by atoms with Crippen molar-refractivity contribution in [2.45, 2.75) is 26.7 Å². The second-order valence-electron chi connectivity index (χ2n) is 4.56. The molecule has 1 aromatic heterocycles. The number of benzene rings is 1. The van der Waals surface area contributed by atoms with Crippen molar-refractivity contribution in [2.24, 2.45) is 7.05 Å². The predicted octanol–water partition coefficient (Wildman–Crippen LogP) is 2.38. The molecule has 0 saturated carbocycles. The van der Waals surface area contributed by atoms with Crippen LogP contribution < -0.4 is 11.3 Å². The van der Waals surface area contributed by atoms with Crippen LogP contribution in [0.1, 0.15) is 24.5 Å². The van der Waals surface area contributed by atoms with E-state index in [1.807, 2.05) is 32.2 Å². The summed E-state index contributed by atoms with van der Waals surface area (Å²) in [5.41, 5.74) is 9.66. The third-order valence-corrected chi connectivity index (χ3v) is 3.11. The van der Waals surface area contributed by atoms with E-state index in [0.717, 1.165) is 40.6 Å². The Hall–Kier alpha value is -1.77. The van der Waals surface area contributed by atoms with Crippen LogP contribution in [0.2, 0.25) is 0 Å². The standard InChI is InChI=1S/C14H18N2O/c1-4-5-10-7-12(15)8-11-6-9(2)14(17)16(3)13(10)11/h6-8H,4-5,15H2,1-3H3. The first-order chi connectivity index (χ1) is 8.04. The second-order valence-corrected chi connectivity index (χ2v) is 4.56. The van der Waals surface area contributed by atoms with Crippen molar-refractivity contribution in [1.82, 2.24) is 4.57 Å². The van der Waals surface area contributed by atoms with Crippen molar-refractivity contribution in [3.63, 3.8) is 0 Å². The fourth-order valence-electron chi connectivity index (χ4n) is 2.38. The van der Waals surface area contributed by atoms with Crippen LogP contribution in [-0.2, 0) is 13.5 Å². The van der Waals surface area contributed by atoms with Crippen LogP contribution in [0, 0.1) is 6.92 Å². The van der Waals surface area contributed by atoms with E-state index in [2.05, 4.69) is 6.92 Å². The van der Waals surface area contributed by atoms with E-state index in [9.17, 15) is 4.79 Å². The van der Waals surface area contributed by atoms with Gasteiger partial charge in [-0.2, -0.15) is 0 Å². The molecule has 0 unspecified atom stereocenters. The molecule has 0 fully saturated rings. The molecule has 0 aliphatic heterocycles. The average Bonchev–Trinajstić information content (AvgIpc) is 2.25. The van der Waals surface area contributed by atoms with E-state index in [4.69, 9.17) is 5.73 Å². The maximum atomic E-state index is 12.0. The summed E-state index contributed by atoms with van der Waals surface area (Å²) in [4.78, 5) is 12.0. The number of fused-ring (bicyclic) bond motifs is 1. The Balaban J connectivity index is 2.90. The number of rotatable bonds is 2. The first-order valence-corrected chi connectivity index (χ1v) is 5.93. The maximum Gasteiger partial charge on any atom is 0.253 e. The van der Waals surface area contributed by atoms with Crippen LogP contribution in [0.5, 0.6) is 0 Å². The summed E-state index contributed by atoms with van der Waals surface area (Å²) in [5.74, 6) is 0. The SMILES string of the molecule is CCCc1cc(N)cc2cc(C)c(=O)n(C)c12. The van der Waals surface area contributed by atoms with Crippen molar-refractivity contribution in [1.29, 1.82) is 0 Å². The molecule has 17 heavy (non-hydrogen) atoms. The second kappa shape index (κ2) is 4.24. The monoisotopic (exact) mass is 230 g/mol. The number of anilines is 1. The van der Waals surface area contributed by atoms with Gasteiger partial charge in [0.1, 0.15) is 0 Å². The summed E-state index contributed by atoms with van der Waals surface area (Å²) in [6.07, 6.45) is 1.98. The van der Waals surface area contributed by atoms with Crippen molar-refractivity contribution in [3.05, 3.63) is 39.7 Å². The zero-order valence-corrected chi connectivity index (χ0v) is 10.6. The number of pyridine rings is 1. The molecule has 3 heteroatoms. The lowest BCUT2D eigenvalue weighted by molar-refractivity contribution is 0.866. The van der Waals surface area contributed by atoms with Crippen LogP contribution in [0.4, 0.5) is 5.69 Å². The molecule has 1 aromatic carbocycles. The third kappa shape index (κ3) is 1.93. The molecule has 0 atom stereocenters. The molecular formula is C14H18N2O. The highest BCUT2D eigenvalue weighted by molar-refractivity contribution is 5.86. The smallest absolute Gasteiger partial charge is 0.253 e. The van der Waals surface area contributed by atoms with Crippen LogP contribution in [0.25, 0.3) is 10.9 Å². The largest absolute Gasteiger partial charge is 0.399 e. The molecule has 0 bridgehead atoms. The lowest BCUT2D eigenvalue weighted by atomic mass is 10.0. The van der Waals surface area contributed by atoms with Crippen LogP contribution in [0.15, 0.2) is 23.0 Å². The van der Waals surface area contributed by atoms with Gasteiger partial charge in [0, 0.05) is 23.7 Å². The molecular weight excluding hydrogens is 212 g/mol. The van der Waals surface area contributed by atoms with Crippen molar-refractivity contribution in [2.75, 3.05) is 5.73 Å². The van der Waals surface area contributed by atoms with Gasteiger partial charge in [0.25, 0.3) is 5.56 Å². The summed E-state index contributed by atoms with van der Waals surface area (Å²) in [5, 5.41) is 1.05. The van der Waals surface area contributed by atoms with E-state index in [-0.39, 0.29) is 5.56 Å². The van der Waals surface area contributed by atoms with Gasteiger partial charge in [0.2, 0.25) is 0 Å². The Morgan fingerprint density at radius 2 is 2.00 bits per heavy atom. The van der Waals surface area contributed by atoms with Gasteiger partial charge in [-0.05, 0) is 37.1 Å². The highest BCUT2D eigenvalue weighted by Crippen LogP contribution is 2.22. The van der Waals surface area contributed by atoms with E-state index in [0.29, 0.717) is 0 Å². The number of nitrogens with two attached hydrogens (primary N) is 1. The van der Waals surface area contributed by atoms with E-state index >= 15 is 0 Å². The average molecular weight is 230 g/mol. The van der Waals surface area contributed by atoms with Crippen LogP contribution in [-0.4, -0.2) is 4.57 Å². The van der Waals surface area contributed by atoms with Gasteiger partial charge >= 0.3 is 0 Å². The summed E-state index contributed by atoms with van der Waals surface area (Å²) in [6.45, 7) is 3.96. The highest BCUT2D eigenvalue weighted by Gasteiger charge is 2.08. The molecule has 2 aromatic rings. The summed E-state index contributed by atoms with van der Waals surface area (Å²) < 4.78 is 1.73. The Kier molecular flexibility index (Phi) is 2.92. The lowest BCUT2D eigenvalue weighted by Crippen LogP contribution is -2.20. The number of aryl methyl sites for hydroxylation is 3. The fourth-order valence-corrected chi connectivity index (χ4v) is 2.38. The molecule has 0 spiro atoms. The molecule has 2 N–H and O–H groups in total. The Morgan fingerprint density at radius 3 is 2.65 bits per heavy atom. The number of hydrogen-bond acceptors (Lipinski definition) is 2. The molecule has 0 radical (unpaired) electrons. The number of nitrogen functional groups attached to an aromatic ring is 1. The quantitative estimate of drug-likeness (QED) is 0.805. The number of aromatic nitrogens is 1. The van der Waals surface area contributed by atoms with Crippen molar-refractivity contribution < 1.29 is 0 Å². The number of nitrogens with zero attached hydrogens (tertiary/aromatic N) is 1. The Morgan fingerprint density at radius 1 is 1.29 bits per heavy atom. The summed E-state index contributed by atoms with van der Waals surface area (Å²) in [7, 11) is 1.83. The molecule has 0 aliphatic rings. The Labute approximate surface area is 101 Å². The summed E-state index contributed by atoms with van der Waals surface area (Å²) >= 11 is 0. The first kappa shape index (κ1) is 11.7. The van der Waals surface area contributed by atoms with Crippen LogP contribution >= 0.6 is 0 Å². The maximum absolute atomic E-state index is 12.0. The molecule has 90 valence electrons. The molecule has 0 amide bonds. The van der Waals surface area contributed by atoms with E-state index < -0.39 is 0 Å². The number of hydrogen-bond donors (Lipinski definition) is 1. The van der Waals surface area contributed by atoms with Gasteiger partial charge in [-0.25, -0.2) is 0 Å². The normalized spacial score (nSPS) is 11.0. The van der Waals surface area contributed by atoms with Gasteiger partial charge in [-0.15, -0.1) is 0 Å². The van der Waals surface area contributed by atoms with E-state index in [1.165, 1.54) is 0 Å². The van der Waals surface area contributed by atoms with Gasteiger partial charge in [0.15, 0.2) is 0 Å².